The fourth-order valence-electron chi connectivity index (χ4n) is 2.51. The van der Waals surface area contributed by atoms with Gasteiger partial charge in [0.25, 0.3) is 0 Å². The van der Waals surface area contributed by atoms with Gasteiger partial charge in [-0.15, -0.1) is 0 Å². The van der Waals surface area contributed by atoms with Gasteiger partial charge < -0.3 is 4.74 Å². The minimum Gasteiger partial charge on any atom is -0.462 e. The Kier molecular flexibility index (Phi) is 4.78. The van der Waals surface area contributed by atoms with Crippen molar-refractivity contribution in [2.24, 2.45) is 11.8 Å². The average molecular weight is 227 g/mol. The molecule has 0 radical (unpaired) electrons. The smallest absolute Gasteiger partial charge is 0.320 e. The summed E-state index contributed by atoms with van der Waals surface area (Å²) in [6.45, 7) is 12.0. The molecule has 0 amide bonds. The lowest BCUT2D eigenvalue weighted by atomic mass is 9.86. The monoisotopic (exact) mass is 227 g/mol. The number of hydrogen-bond acceptors (Lipinski definition) is 3. The molecule has 1 aliphatic heterocycles. The van der Waals surface area contributed by atoms with Crippen LogP contribution in [0.25, 0.3) is 0 Å². The predicted molar refractivity (Wildman–Crippen MR) is 65.2 cm³/mol. The second-order valence-electron chi connectivity index (χ2n) is 5.53. The van der Waals surface area contributed by atoms with Crippen molar-refractivity contribution in [2.45, 2.75) is 53.2 Å². The van der Waals surface area contributed by atoms with Gasteiger partial charge in [-0.3, -0.25) is 9.69 Å². The van der Waals surface area contributed by atoms with Crippen LogP contribution in [-0.2, 0) is 9.53 Å². The first kappa shape index (κ1) is 13.5. The molecule has 0 aliphatic carbocycles. The first-order chi connectivity index (χ1) is 7.40. The third-order valence-corrected chi connectivity index (χ3v) is 3.42. The molecule has 0 N–H and O–H groups in total. The lowest BCUT2D eigenvalue weighted by Crippen LogP contribution is -2.48. The number of likely N-dealkylation sites (tertiary alicyclic amines) is 1. The highest BCUT2D eigenvalue weighted by molar-refractivity contribution is 5.71. The Morgan fingerprint density at radius 1 is 1.38 bits per heavy atom. The summed E-state index contributed by atoms with van der Waals surface area (Å²) in [4.78, 5) is 13.9. The molecule has 0 saturated carbocycles. The summed E-state index contributed by atoms with van der Waals surface area (Å²) in [6, 6.07) is 0.482. The molecule has 0 aromatic heterocycles. The van der Waals surface area contributed by atoms with Crippen LogP contribution in [0.4, 0.5) is 0 Å². The summed E-state index contributed by atoms with van der Waals surface area (Å²) in [6.07, 6.45) is 1.25. The summed E-state index contributed by atoms with van der Waals surface area (Å²) in [5.74, 6) is 1.25. The van der Waals surface area contributed by atoms with Crippen molar-refractivity contribution in [2.75, 3.05) is 13.1 Å². The summed E-state index contributed by atoms with van der Waals surface area (Å²) >= 11 is 0. The van der Waals surface area contributed by atoms with E-state index in [9.17, 15) is 4.79 Å². The van der Waals surface area contributed by atoms with Crippen molar-refractivity contribution in [1.29, 1.82) is 0 Å². The summed E-state index contributed by atoms with van der Waals surface area (Å²) in [7, 11) is 0. The van der Waals surface area contributed by atoms with Gasteiger partial charge in [0.15, 0.2) is 0 Å². The van der Waals surface area contributed by atoms with Crippen molar-refractivity contribution < 1.29 is 9.53 Å². The van der Waals surface area contributed by atoms with E-state index in [4.69, 9.17) is 4.74 Å². The van der Waals surface area contributed by atoms with Crippen LogP contribution in [0, 0.1) is 11.8 Å². The molecule has 1 fully saturated rings. The van der Waals surface area contributed by atoms with Crippen LogP contribution in [0.2, 0.25) is 0 Å². The molecule has 1 saturated heterocycles. The molecule has 0 aromatic rings. The van der Waals surface area contributed by atoms with E-state index in [0.717, 1.165) is 6.54 Å². The van der Waals surface area contributed by atoms with Crippen molar-refractivity contribution in [3.05, 3.63) is 0 Å². The van der Waals surface area contributed by atoms with E-state index in [1.54, 1.807) is 0 Å². The molecule has 3 nitrogen and oxygen atoms in total. The van der Waals surface area contributed by atoms with Crippen LogP contribution in [0.3, 0.4) is 0 Å². The van der Waals surface area contributed by atoms with Crippen molar-refractivity contribution >= 4 is 5.97 Å². The predicted octanol–water partition coefficient (Wildman–Crippen LogP) is 2.30. The van der Waals surface area contributed by atoms with Crippen molar-refractivity contribution in [3.8, 4) is 0 Å². The number of nitrogens with zero attached hydrogens (tertiary/aromatic N) is 1. The van der Waals surface area contributed by atoms with Crippen LogP contribution in [0.1, 0.15) is 41.0 Å². The highest BCUT2D eigenvalue weighted by Crippen LogP contribution is 2.26. The molecule has 1 heterocycles. The van der Waals surface area contributed by atoms with E-state index >= 15 is 0 Å². The van der Waals surface area contributed by atoms with Gasteiger partial charge in [0.1, 0.15) is 0 Å². The number of carbonyl (C=O) groups excluding carboxylic acids is 1. The molecule has 16 heavy (non-hydrogen) atoms. The third kappa shape index (κ3) is 3.78. The summed E-state index contributed by atoms with van der Waals surface area (Å²) in [5.41, 5.74) is 0. The number of esters is 1. The highest BCUT2D eigenvalue weighted by Gasteiger charge is 2.30. The second-order valence-corrected chi connectivity index (χ2v) is 5.53. The SMILES string of the molecule is CC1CC(C)C(C)N(CC(=O)OC(C)C)C1. The molecule has 3 unspecified atom stereocenters. The summed E-state index contributed by atoms with van der Waals surface area (Å²) in [5, 5.41) is 0. The average Bonchev–Trinajstić information content (AvgIpc) is 2.11. The minimum atomic E-state index is -0.0943. The highest BCUT2D eigenvalue weighted by atomic mass is 16.5. The first-order valence-corrected chi connectivity index (χ1v) is 6.33. The van der Waals surface area contributed by atoms with Crippen LogP contribution >= 0.6 is 0 Å². The maximum absolute atomic E-state index is 11.6. The Balaban J connectivity index is 2.48. The zero-order valence-electron chi connectivity index (χ0n) is 11.2. The van der Waals surface area contributed by atoms with Gasteiger partial charge in [0.05, 0.1) is 12.6 Å². The van der Waals surface area contributed by atoms with Gasteiger partial charge in [-0.05, 0) is 39.0 Å². The lowest BCUT2D eigenvalue weighted by molar-refractivity contribution is -0.150. The topological polar surface area (TPSA) is 29.5 Å². The maximum atomic E-state index is 11.6. The van der Waals surface area contributed by atoms with Gasteiger partial charge in [0, 0.05) is 12.6 Å². The number of hydrogen-bond donors (Lipinski definition) is 0. The number of ether oxygens (including phenoxy) is 1. The van der Waals surface area contributed by atoms with E-state index in [1.807, 2.05) is 13.8 Å². The molecule has 94 valence electrons. The van der Waals surface area contributed by atoms with Gasteiger partial charge in [-0.25, -0.2) is 0 Å². The molecule has 1 aliphatic rings. The van der Waals surface area contributed by atoms with Gasteiger partial charge >= 0.3 is 5.97 Å². The van der Waals surface area contributed by atoms with Crippen molar-refractivity contribution in [3.63, 3.8) is 0 Å². The number of piperidine rings is 1. The molecular weight excluding hydrogens is 202 g/mol. The van der Waals surface area contributed by atoms with Gasteiger partial charge in [-0.2, -0.15) is 0 Å². The minimum absolute atomic E-state index is 0.0116. The van der Waals surface area contributed by atoms with Gasteiger partial charge in [0.2, 0.25) is 0 Å². The number of rotatable bonds is 3. The Bertz CT molecular complexity index is 240. The van der Waals surface area contributed by atoms with Crippen LogP contribution in [-0.4, -0.2) is 36.1 Å². The Morgan fingerprint density at radius 2 is 2.00 bits per heavy atom. The molecule has 1 rings (SSSR count). The van der Waals surface area contributed by atoms with Crippen molar-refractivity contribution in [1.82, 2.24) is 4.90 Å². The molecule has 3 atom stereocenters. The zero-order chi connectivity index (χ0) is 12.3. The van der Waals surface area contributed by atoms with E-state index in [2.05, 4.69) is 25.7 Å². The molecule has 3 heteroatoms. The van der Waals surface area contributed by atoms with E-state index < -0.39 is 0 Å². The molecule has 0 aromatic carbocycles. The van der Waals surface area contributed by atoms with Crippen LogP contribution < -0.4 is 0 Å². The fraction of sp³-hybridized carbons (Fsp3) is 0.923. The molecule has 0 bridgehead atoms. The first-order valence-electron chi connectivity index (χ1n) is 6.33. The summed E-state index contributed by atoms with van der Waals surface area (Å²) < 4.78 is 5.19. The van der Waals surface area contributed by atoms with E-state index in [-0.39, 0.29) is 12.1 Å². The second kappa shape index (κ2) is 5.67. The zero-order valence-corrected chi connectivity index (χ0v) is 11.2. The maximum Gasteiger partial charge on any atom is 0.320 e. The number of carbonyl (C=O) groups is 1. The van der Waals surface area contributed by atoms with Crippen LogP contribution in [0.5, 0.6) is 0 Å². The quantitative estimate of drug-likeness (QED) is 0.693. The molecule has 0 spiro atoms. The van der Waals surface area contributed by atoms with E-state index in [0.29, 0.717) is 24.4 Å². The largest absolute Gasteiger partial charge is 0.462 e. The lowest BCUT2D eigenvalue weighted by Gasteiger charge is -2.40. The van der Waals surface area contributed by atoms with Crippen LogP contribution in [0.15, 0.2) is 0 Å². The Labute approximate surface area is 99.1 Å². The Morgan fingerprint density at radius 3 is 2.56 bits per heavy atom. The Hall–Kier alpha value is -0.570. The molecular formula is C13H25NO2. The van der Waals surface area contributed by atoms with Gasteiger partial charge in [-0.1, -0.05) is 13.8 Å². The third-order valence-electron chi connectivity index (χ3n) is 3.42. The standard InChI is InChI=1S/C13H25NO2/c1-9(2)16-13(15)8-14-7-10(3)6-11(4)12(14)5/h9-12H,6-8H2,1-5H3. The normalized spacial score (nSPS) is 31.8. The fourth-order valence-corrected chi connectivity index (χ4v) is 2.51. The van der Waals surface area contributed by atoms with E-state index in [1.165, 1.54) is 6.42 Å².